The van der Waals surface area contributed by atoms with Crippen LogP contribution in [-0.4, -0.2) is 60.8 Å². The Labute approximate surface area is 178 Å². The van der Waals surface area contributed by atoms with Crippen LogP contribution in [0.25, 0.3) is 0 Å². The molecule has 10 heteroatoms. The summed E-state index contributed by atoms with van der Waals surface area (Å²) in [6.45, 7) is 0.887. The molecule has 0 unspecified atom stereocenters. The van der Waals surface area contributed by atoms with Crippen molar-refractivity contribution in [3.63, 3.8) is 0 Å². The van der Waals surface area contributed by atoms with E-state index in [1.54, 1.807) is 36.4 Å². The van der Waals surface area contributed by atoms with Gasteiger partial charge in [0.05, 0.1) is 12.9 Å². The molecule has 2 aliphatic heterocycles. The highest BCUT2D eigenvalue weighted by atomic mass is 16.8. The fourth-order valence-electron chi connectivity index (χ4n) is 3.63. The smallest absolute Gasteiger partial charge is 0.329 e. The molecule has 10 nitrogen and oxygen atoms in total. The highest BCUT2D eigenvalue weighted by Gasteiger charge is 2.52. The number of ether oxygens (including phenoxy) is 5. The number of carboxylic acids is 1. The molecule has 2 fully saturated rings. The van der Waals surface area contributed by atoms with Crippen LogP contribution in [0.15, 0.2) is 53.1 Å². The molecule has 4 rings (SSSR count). The molecule has 1 aromatic carbocycles. The number of amides is 1. The van der Waals surface area contributed by atoms with Crippen LogP contribution in [0.4, 0.5) is 0 Å². The first-order valence-corrected chi connectivity index (χ1v) is 9.79. The molecule has 0 radical (unpaired) electrons. The van der Waals surface area contributed by atoms with Gasteiger partial charge in [-0.2, -0.15) is 0 Å². The van der Waals surface area contributed by atoms with Gasteiger partial charge in [-0.25, -0.2) is 4.79 Å². The van der Waals surface area contributed by atoms with E-state index >= 15 is 0 Å². The fourth-order valence-corrected chi connectivity index (χ4v) is 3.63. The van der Waals surface area contributed by atoms with Crippen molar-refractivity contribution in [3.8, 4) is 5.75 Å². The number of fused-ring (bicyclic) bond motifs is 1. The zero-order chi connectivity index (χ0) is 21.8. The Balaban J connectivity index is 1.61. The third-order valence-electron chi connectivity index (χ3n) is 4.88. The van der Waals surface area contributed by atoms with E-state index in [1.807, 2.05) is 6.07 Å². The molecule has 3 heterocycles. The Morgan fingerprint density at radius 2 is 1.97 bits per heavy atom. The highest BCUT2D eigenvalue weighted by Crippen LogP contribution is 2.36. The first-order valence-electron chi connectivity index (χ1n) is 9.79. The van der Waals surface area contributed by atoms with E-state index in [-0.39, 0.29) is 12.5 Å². The van der Waals surface area contributed by atoms with Crippen molar-refractivity contribution in [2.45, 2.75) is 43.9 Å². The van der Waals surface area contributed by atoms with Crippen molar-refractivity contribution >= 4 is 11.9 Å². The molecular weight excluding hydrogens is 410 g/mol. The molecule has 1 amide bonds. The number of furan rings is 1. The minimum atomic E-state index is -1.15. The number of carbonyl (C=O) groups excluding carboxylic acids is 1. The summed E-state index contributed by atoms with van der Waals surface area (Å²) in [5.41, 5.74) is 0. The van der Waals surface area contributed by atoms with Crippen molar-refractivity contribution in [2.24, 2.45) is 0 Å². The summed E-state index contributed by atoms with van der Waals surface area (Å²) >= 11 is 0. The van der Waals surface area contributed by atoms with Crippen LogP contribution in [-0.2, 0) is 28.5 Å². The molecule has 6 atom stereocenters. The van der Waals surface area contributed by atoms with Crippen LogP contribution in [0.2, 0.25) is 0 Å². The SMILES string of the molecule is CC(=O)N[C@H]1[C@H](Oc2ccccc2)O[C@@H]2CO[C@@H](c3ccco3)O[C@H]2[C@@H]1OCC(=O)O. The van der Waals surface area contributed by atoms with Gasteiger partial charge < -0.3 is 38.5 Å². The number of rotatable bonds is 7. The standard InChI is InChI=1S/C21H23NO9/c1-12(23)22-17-19(27-11-16(24)25)18-15(10-28-20(31-18)14-8-5-9-26-14)30-21(17)29-13-6-3-2-4-7-13/h2-9,15,17-21H,10-11H2,1H3,(H,22,23)(H,24,25)/t15-,17-,18-,19-,20-,21-/m1/s1. The number of hydrogen-bond donors (Lipinski definition) is 2. The number of carboxylic acid groups (broad SMARTS) is 1. The third-order valence-corrected chi connectivity index (χ3v) is 4.88. The van der Waals surface area contributed by atoms with E-state index < -0.39 is 49.5 Å². The molecule has 2 aliphatic rings. The van der Waals surface area contributed by atoms with Crippen molar-refractivity contribution in [2.75, 3.05) is 13.2 Å². The van der Waals surface area contributed by atoms with Gasteiger partial charge >= 0.3 is 5.97 Å². The van der Waals surface area contributed by atoms with Crippen LogP contribution < -0.4 is 10.1 Å². The van der Waals surface area contributed by atoms with Gasteiger partial charge in [-0.05, 0) is 24.3 Å². The van der Waals surface area contributed by atoms with Crippen LogP contribution >= 0.6 is 0 Å². The maximum Gasteiger partial charge on any atom is 0.329 e. The van der Waals surface area contributed by atoms with E-state index in [1.165, 1.54) is 13.2 Å². The Kier molecular flexibility index (Phi) is 6.52. The lowest BCUT2D eigenvalue weighted by Crippen LogP contribution is -2.68. The molecule has 0 saturated carbocycles. The Morgan fingerprint density at radius 3 is 2.65 bits per heavy atom. The van der Waals surface area contributed by atoms with Gasteiger partial charge in [0.25, 0.3) is 0 Å². The van der Waals surface area contributed by atoms with E-state index in [2.05, 4.69) is 5.32 Å². The summed E-state index contributed by atoms with van der Waals surface area (Å²) < 4.78 is 34.8. The molecule has 0 spiro atoms. The number of para-hydroxylation sites is 1. The van der Waals surface area contributed by atoms with Crippen molar-refractivity contribution in [1.29, 1.82) is 0 Å². The second-order valence-electron chi connectivity index (χ2n) is 7.15. The van der Waals surface area contributed by atoms with Crippen LogP contribution in [0.5, 0.6) is 5.75 Å². The summed E-state index contributed by atoms with van der Waals surface area (Å²) in [7, 11) is 0. The topological polar surface area (TPSA) is 126 Å². The monoisotopic (exact) mass is 433 g/mol. The summed E-state index contributed by atoms with van der Waals surface area (Å²) in [4.78, 5) is 23.1. The zero-order valence-electron chi connectivity index (χ0n) is 16.7. The average Bonchev–Trinajstić information content (AvgIpc) is 3.28. The molecule has 2 aromatic rings. The maximum absolute atomic E-state index is 11.9. The van der Waals surface area contributed by atoms with E-state index in [0.29, 0.717) is 11.5 Å². The van der Waals surface area contributed by atoms with Gasteiger partial charge in [0.2, 0.25) is 18.5 Å². The Morgan fingerprint density at radius 1 is 1.16 bits per heavy atom. The second kappa shape index (κ2) is 9.48. The van der Waals surface area contributed by atoms with Crippen LogP contribution in [0.1, 0.15) is 19.0 Å². The van der Waals surface area contributed by atoms with Gasteiger partial charge in [-0.1, -0.05) is 18.2 Å². The Bertz CT molecular complexity index is 872. The van der Waals surface area contributed by atoms with E-state index in [0.717, 1.165) is 0 Å². The van der Waals surface area contributed by atoms with Gasteiger partial charge in [0.15, 0.2) is 5.76 Å². The molecule has 166 valence electrons. The molecule has 0 bridgehead atoms. The fraction of sp³-hybridized carbons (Fsp3) is 0.429. The van der Waals surface area contributed by atoms with Crippen LogP contribution in [0, 0.1) is 0 Å². The van der Waals surface area contributed by atoms with Crippen molar-refractivity contribution < 1.29 is 42.8 Å². The molecule has 31 heavy (non-hydrogen) atoms. The van der Waals surface area contributed by atoms with Gasteiger partial charge in [-0.3, -0.25) is 4.79 Å². The van der Waals surface area contributed by atoms with Gasteiger partial charge in [0.1, 0.15) is 36.7 Å². The summed E-state index contributed by atoms with van der Waals surface area (Å²) in [5.74, 6) is -0.536. The van der Waals surface area contributed by atoms with E-state index in [9.17, 15) is 9.59 Å². The molecular formula is C21H23NO9. The van der Waals surface area contributed by atoms with Gasteiger partial charge in [-0.15, -0.1) is 0 Å². The molecule has 1 aromatic heterocycles. The predicted molar refractivity (Wildman–Crippen MR) is 103 cm³/mol. The number of hydrogen-bond acceptors (Lipinski definition) is 8. The minimum Gasteiger partial charge on any atom is -0.480 e. The maximum atomic E-state index is 11.9. The average molecular weight is 433 g/mol. The van der Waals surface area contributed by atoms with E-state index in [4.69, 9.17) is 33.2 Å². The van der Waals surface area contributed by atoms with Crippen molar-refractivity contribution in [1.82, 2.24) is 5.32 Å². The molecule has 2 N–H and O–H groups in total. The predicted octanol–water partition coefficient (Wildman–Crippen LogP) is 1.47. The number of nitrogens with one attached hydrogen (secondary N) is 1. The lowest BCUT2D eigenvalue weighted by atomic mass is 9.95. The zero-order valence-corrected chi connectivity index (χ0v) is 16.7. The van der Waals surface area contributed by atoms with Gasteiger partial charge in [0, 0.05) is 6.92 Å². The third kappa shape index (κ3) is 5.05. The number of aliphatic carboxylic acids is 1. The van der Waals surface area contributed by atoms with Crippen LogP contribution in [0.3, 0.4) is 0 Å². The highest BCUT2D eigenvalue weighted by molar-refractivity contribution is 5.73. The molecule has 2 saturated heterocycles. The molecule has 0 aliphatic carbocycles. The number of carbonyl (C=O) groups is 2. The summed E-state index contributed by atoms with van der Waals surface area (Å²) in [6.07, 6.45) is -2.53. The lowest BCUT2D eigenvalue weighted by Gasteiger charge is -2.48. The van der Waals surface area contributed by atoms with Crippen molar-refractivity contribution in [3.05, 3.63) is 54.5 Å². The minimum absolute atomic E-state index is 0.129. The first-order chi connectivity index (χ1) is 15.0. The second-order valence-corrected chi connectivity index (χ2v) is 7.15. The largest absolute Gasteiger partial charge is 0.480 e. The Hall–Kier alpha value is -2.92. The lowest BCUT2D eigenvalue weighted by molar-refractivity contribution is -0.340. The summed E-state index contributed by atoms with van der Waals surface area (Å²) in [5, 5.41) is 11.9. The quantitative estimate of drug-likeness (QED) is 0.668. The first kappa shape index (κ1) is 21.3. The number of benzene rings is 1. The normalized spacial score (nSPS) is 30.2. The summed E-state index contributed by atoms with van der Waals surface area (Å²) in [6, 6.07) is 11.5.